The van der Waals surface area contributed by atoms with Crippen molar-refractivity contribution in [1.29, 1.82) is 0 Å². The molecule has 0 amide bonds. The molecule has 134 valence electrons. The van der Waals surface area contributed by atoms with E-state index in [2.05, 4.69) is 31.3 Å². The first-order chi connectivity index (χ1) is 12.6. The standard InChI is InChI=1S/C18H15BrClN3O3/c1-2-25-18(24)17-16(21-23-22-17)13-9-12(19)7-8-15(13)26-10-11-5-3-4-6-14(11)20/h3-9H,2,10H2,1H3,(H,21,22,23). The predicted octanol–water partition coefficient (Wildman–Crippen LogP) is 4.64. The van der Waals surface area contributed by atoms with Crippen LogP contribution < -0.4 is 4.74 Å². The Labute approximate surface area is 163 Å². The third-order valence-corrected chi connectivity index (χ3v) is 4.42. The summed E-state index contributed by atoms with van der Waals surface area (Å²) in [4.78, 5) is 12.1. The van der Waals surface area contributed by atoms with Crippen LogP contribution >= 0.6 is 27.5 Å². The van der Waals surface area contributed by atoms with Gasteiger partial charge < -0.3 is 9.47 Å². The second-order valence-electron chi connectivity index (χ2n) is 5.26. The Kier molecular flexibility index (Phi) is 5.90. The van der Waals surface area contributed by atoms with E-state index in [0.29, 0.717) is 22.0 Å². The zero-order valence-corrected chi connectivity index (χ0v) is 16.2. The number of H-pyrrole nitrogens is 1. The van der Waals surface area contributed by atoms with Crippen molar-refractivity contribution in [1.82, 2.24) is 15.4 Å². The van der Waals surface area contributed by atoms with Crippen LogP contribution in [-0.4, -0.2) is 28.0 Å². The molecule has 0 radical (unpaired) electrons. The van der Waals surface area contributed by atoms with Gasteiger partial charge in [-0.2, -0.15) is 10.3 Å². The normalized spacial score (nSPS) is 10.6. The van der Waals surface area contributed by atoms with Crippen LogP contribution in [-0.2, 0) is 11.3 Å². The van der Waals surface area contributed by atoms with E-state index < -0.39 is 5.97 Å². The number of aromatic amines is 1. The highest BCUT2D eigenvalue weighted by Crippen LogP contribution is 2.34. The van der Waals surface area contributed by atoms with Crippen LogP contribution in [0.3, 0.4) is 0 Å². The van der Waals surface area contributed by atoms with E-state index in [1.54, 1.807) is 19.1 Å². The van der Waals surface area contributed by atoms with E-state index in [4.69, 9.17) is 21.1 Å². The number of halogens is 2. The van der Waals surface area contributed by atoms with E-state index in [1.165, 1.54) is 0 Å². The number of aromatic nitrogens is 3. The van der Waals surface area contributed by atoms with Gasteiger partial charge in [-0.3, -0.25) is 0 Å². The number of ether oxygens (including phenoxy) is 2. The van der Waals surface area contributed by atoms with E-state index in [9.17, 15) is 4.79 Å². The third kappa shape index (κ3) is 4.05. The molecule has 0 unspecified atom stereocenters. The van der Waals surface area contributed by atoms with Gasteiger partial charge in [0.25, 0.3) is 0 Å². The lowest BCUT2D eigenvalue weighted by Gasteiger charge is -2.12. The van der Waals surface area contributed by atoms with Gasteiger partial charge >= 0.3 is 5.97 Å². The van der Waals surface area contributed by atoms with Gasteiger partial charge in [-0.1, -0.05) is 45.7 Å². The Bertz CT molecular complexity index is 930. The summed E-state index contributed by atoms with van der Waals surface area (Å²) < 4.78 is 11.8. The number of esters is 1. The van der Waals surface area contributed by atoms with Crippen LogP contribution in [0.4, 0.5) is 0 Å². The van der Waals surface area contributed by atoms with E-state index in [-0.39, 0.29) is 18.9 Å². The molecule has 8 heteroatoms. The Balaban J connectivity index is 1.94. The molecule has 1 N–H and O–H groups in total. The zero-order valence-electron chi connectivity index (χ0n) is 13.8. The zero-order chi connectivity index (χ0) is 18.5. The molecule has 3 aromatic rings. The van der Waals surface area contributed by atoms with Crippen molar-refractivity contribution in [3.63, 3.8) is 0 Å². The van der Waals surface area contributed by atoms with Crippen molar-refractivity contribution >= 4 is 33.5 Å². The monoisotopic (exact) mass is 435 g/mol. The first kappa shape index (κ1) is 18.4. The maximum Gasteiger partial charge on any atom is 0.361 e. The summed E-state index contributed by atoms with van der Waals surface area (Å²) in [5.41, 5.74) is 1.93. The topological polar surface area (TPSA) is 77.1 Å². The highest BCUT2D eigenvalue weighted by molar-refractivity contribution is 9.10. The largest absolute Gasteiger partial charge is 0.488 e. The molecule has 2 aromatic carbocycles. The van der Waals surface area contributed by atoms with Crippen LogP contribution in [0.2, 0.25) is 5.02 Å². The lowest BCUT2D eigenvalue weighted by molar-refractivity contribution is 0.0520. The molecule has 6 nitrogen and oxygen atoms in total. The maximum absolute atomic E-state index is 12.1. The van der Waals surface area contributed by atoms with Gasteiger partial charge in [0.05, 0.1) is 6.61 Å². The Morgan fingerprint density at radius 3 is 2.81 bits per heavy atom. The summed E-state index contributed by atoms with van der Waals surface area (Å²) in [6.07, 6.45) is 0. The fourth-order valence-electron chi connectivity index (χ4n) is 2.34. The molecule has 0 aliphatic carbocycles. The minimum Gasteiger partial charge on any atom is -0.488 e. The number of hydrogen-bond acceptors (Lipinski definition) is 5. The van der Waals surface area contributed by atoms with Crippen molar-refractivity contribution in [3.05, 3.63) is 63.2 Å². The van der Waals surface area contributed by atoms with Crippen molar-refractivity contribution in [2.45, 2.75) is 13.5 Å². The van der Waals surface area contributed by atoms with Crippen molar-refractivity contribution in [2.75, 3.05) is 6.61 Å². The van der Waals surface area contributed by atoms with Crippen molar-refractivity contribution in [3.8, 4) is 17.0 Å². The number of nitrogens with one attached hydrogen (secondary N) is 1. The van der Waals surface area contributed by atoms with Crippen molar-refractivity contribution in [2.24, 2.45) is 0 Å². The van der Waals surface area contributed by atoms with Gasteiger partial charge in [0.1, 0.15) is 18.1 Å². The minimum absolute atomic E-state index is 0.104. The van der Waals surface area contributed by atoms with Gasteiger partial charge in [-0.15, -0.1) is 5.10 Å². The van der Waals surface area contributed by atoms with E-state index in [0.717, 1.165) is 10.0 Å². The van der Waals surface area contributed by atoms with Crippen molar-refractivity contribution < 1.29 is 14.3 Å². The molecule has 26 heavy (non-hydrogen) atoms. The second-order valence-corrected chi connectivity index (χ2v) is 6.58. The smallest absolute Gasteiger partial charge is 0.361 e. The molecular formula is C18H15BrClN3O3. The first-order valence-corrected chi connectivity index (χ1v) is 9.01. The van der Waals surface area contributed by atoms with E-state index >= 15 is 0 Å². The Morgan fingerprint density at radius 2 is 2.04 bits per heavy atom. The third-order valence-electron chi connectivity index (χ3n) is 3.55. The molecule has 1 heterocycles. The first-order valence-electron chi connectivity index (χ1n) is 7.84. The van der Waals surface area contributed by atoms with Crippen LogP contribution in [0.1, 0.15) is 23.0 Å². The number of benzene rings is 2. The van der Waals surface area contributed by atoms with Crippen LogP contribution in [0.5, 0.6) is 5.75 Å². The van der Waals surface area contributed by atoms with Crippen LogP contribution in [0.25, 0.3) is 11.3 Å². The summed E-state index contributed by atoms with van der Waals surface area (Å²) in [7, 11) is 0. The predicted molar refractivity (Wildman–Crippen MR) is 101 cm³/mol. The lowest BCUT2D eigenvalue weighted by Crippen LogP contribution is -2.07. The Hall–Kier alpha value is -2.38. The fraction of sp³-hybridized carbons (Fsp3) is 0.167. The quantitative estimate of drug-likeness (QED) is 0.569. The number of rotatable bonds is 6. The highest BCUT2D eigenvalue weighted by Gasteiger charge is 2.22. The maximum atomic E-state index is 12.1. The highest BCUT2D eigenvalue weighted by atomic mass is 79.9. The number of carbonyl (C=O) groups excluding carboxylic acids is 1. The van der Waals surface area contributed by atoms with E-state index in [1.807, 2.05) is 30.3 Å². The van der Waals surface area contributed by atoms with Crippen LogP contribution in [0.15, 0.2) is 46.9 Å². The van der Waals surface area contributed by atoms with Gasteiger partial charge in [-0.05, 0) is 31.2 Å². The van der Waals surface area contributed by atoms with Gasteiger partial charge in [0.2, 0.25) is 0 Å². The van der Waals surface area contributed by atoms with Crippen LogP contribution in [0, 0.1) is 0 Å². The molecule has 0 fully saturated rings. The van der Waals surface area contributed by atoms with Gasteiger partial charge in [0.15, 0.2) is 5.69 Å². The molecule has 0 atom stereocenters. The Morgan fingerprint density at radius 1 is 1.23 bits per heavy atom. The molecule has 0 spiro atoms. The van der Waals surface area contributed by atoms with Gasteiger partial charge in [-0.25, -0.2) is 4.79 Å². The molecule has 0 bridgehead atoms. The summed E-state index contributed by atoms with van der Waals surface area (Å²) in [5.74, 6) is 0.000785. The SMILES string of the molecule is CCOC(=O)c1n[nH]nc1-c1cc(Br)ccc1OCc1ccccc1Cl. The number of hydrogen-bond donors (Lipinski definition) is 1. The summed E-state index contributed by atoms with van der Waals surface area (Å²) in [5, 5.41) is 11.1. The average molecular weight is 437 g/mol. The molecular weight excluding hydrogens is 422 g/mol. The second kappa shape index (κ2) is 8.33. The minimum atomic E-state index is -0.548. The molecule has 0 aliphatic rings. The number of nitrogens with zero attached hydrogens (tertiary/aromatic N) is 2. The molecule has 1 aromatic heterocycles. The molecule has 0 aliphatic heterocycles. The molecule has 3 rings (SSSR count). The average Bonchev–Trinajstić information content (AvgIpc) is 3.12. The molecule has 0 saturated carbocycles. The lowest BCUT2D eigenvalue weighted by atomic mass is 10.1. The number of carbonyl (C=O) groups is 1. The summed E-state index contributed by atoms with van der Waals surface area (Å²) in [6.45, 7) is 2.26. The summed E-state index contributed by atoms with van der Waals surface area (Å²) in [6, 6.07) is 12.9. The molecule has 0 saturated heterocycles. The summed E-state index contributed by atoms with van der Waals surface area (Å²) >= 11 is 9.61. The fourth-order valence-corrected chi connectivity index (χ4v) is 2.90. The van der Waals surface area contributed by atoms with Gasteiger partial charge in [0, 0.05) is 20.6 Å².